The Bertz CT molecular complexity index is 373. The maximum absolute atomic E-state index is 8.22. The summed E-state index contributed by atoms with van der Waals surface area (Å²) >= 11 is 2.00. The summed E-state index contributed by atoms with van der Waals surface area (Å²) in [6, 6.07) is 10.0. The van der Waals surface area contributed by atoms with E-state index in [2.05, 4.69) is 18.7 Å². The molecule has 0 amide bonds. The number of nitrogens with one attached hydrogen (secondary N) is 1. The van der Waals surface area contributed by atoms with Crippen LogP contribution in [0.3, 0.4) is 0 Å². The topological polar surface area (TPSA) is 27.1 Å². The molecule has 0 bridgehead atoms. The van der Waals surface area contributed by atoms with E-state index in [-0.39, 0.29) is 4.75 Å². The van der Waals surface area contributed by atoms with Crippen molar-refractivity contribution >= 4 is 17.6 Å². The lowest BCUT2D eigenvalue weighted by Gasteiger charge is -2.38. The van der Waals surface area contributed by atoms with Gasteiger partial charge in [-0.2, -0.15) is 11.8 Å². The van der Waals surface area contributed by atoms with E-state index < -0.39 is 0 Å². The molecule has 0 aliphatic carbocycles. The number of nitrogens with zero attached hydrogens (tertiary/aromatic N) is 1. The highest BCUT2D eigenvalue weighted by atomic mass is 32.2. The minimum atomic E-state index is 0.263. The molecule has 1 N–H and O–H groups in total. The van der Waals surface area contributed by atoms with Crippen molar-refractivity contribution in [2.24, 2.45) is 0 Å². The molecule has 1 saturated heterocycles. The minimum absolute atomic E-state index is 0.263. The third-order valence-corrected chi connectivity index (χ3v) is 4.09. The molecule has 1 aromatic carbocycles. The fourth-order valence-electron chi connectivity index (χ4n) is 1.99. The van der Waals surface area contributed by atoms with E-state index >= 15 is 0 Å². The first-order chi connectivity index (χ1) is 7.58. The molecule has 0 radical (unpaired) electrons. The first kappa shape index (κ1) is 11.5. The highest BCUT2D eigenvalue weighted by Crippen LogP contribution is 2.30. The van der Waals surface area contributed by atoms with Crippen LogP contribution in [-0.2, 0) is 0 Å². The van der Waals surface area contributed by atoms with E-state index in [0.29, 0.717) is 5.84 Å². The lowest BCUT2D eigenvalue weighted by atomic mass is 10.1. The zero-order valence-corrected chi connectivity index (χ0v) is 10.7. The quantitative estimate of drug-likeness (QED) is 0.597. The molecule has 2 nitrogen and oxygen atoms in total. The van der Waals surface area contributed by atoms with Gasteiger partial charge in [-0.05, 0) is 13.8 Å². The summed E-state index contributed by atoms with van der Waals surface area (Å²) in [5, 5.41) is 8.22. The van der Waals surface area contributed by atoms with Crippen LogP contribution in [0.5, 0.6) is 0 Å². The Hall–Kier alpha value is -0.960. The molecule has 0 atom stereocenters. The fraction of sp³-hybridized carbons (Fsp3) is 0.462. The molecule has 1 aliphatic rings. The first-order valence-electron chi connectivity index (χ1n) is 5.61. The number of hydrogen-bond donors (Lipinski definition) is 1. The molecule has 0 saturated carbocycles. The number of hydrogen-bond acceptors (Lipinski definition) is 2. The van der Waals surface area contributed by atoms with E-state index in [1.54, 1.807) is 0 Å². The third kappa shape index (κ3) is 2.59. The number of amidine groups is 1. The average Bonchev–Trinajstić information content (AvgIpc) is 2.28. The van der Waals surface area contributed by atoms with E-state index in [4.69, 9.17) is 5.41 Å². The van der Waals surface area contributed by atoms with Crippen LogP contribution in [-0.4, -0.2) is 34.3 Å². The predicted octanol–water partition coefficient (Wildman–Crippen LogP) is 2.84. The maximum atomic E-state index is 8.22. The van der Waals surface area contributed by atoms with Crippen molar-refractivity contribution in [2.45, 2.75) is 18.6 Å². The molecule has 2 rings (SSSR count). The van der Waals surface area contributed by atoms with Gasteiger partial charge in [0.1, 0.15) is 5.84 Å². The smallest absolute Gasteiger partial charge is 0.128 e. The van der Waals surface area contributed by atoms with Gasteiger partial charge < -0.3 is 4.90 Å². The Morgan fingerprint density at radius 2 is 2.00 bits per heavy atom. The van der Waals surface area contributed by atoms with Gasteiger partial charge in [-0.3, -0.25) is 5.41 Å². The van der Waals surface area contributed by atoms with Crippen molar-refractivity contribution in [1.29, 1.82) is 5.41 Å². The summed E-state index contributed by atoms with van der Waals surface area (Å²) in [7, 11) is 0. The molecule has 1 aliphatic heterocycles. The Morgan fingerprint density at radius 1 is 1.31 bits per heavy atom. The summed E-state index contributed by atoms with van der Waals surface area (Å²) in [5.41, 5.74) is 1.02. The molecule has 86 valence electrons. The standard InChI is InChI=1S/C13H18N2S/c1-13(2)10-15(8-9-16-13)12(14)11-6-4-3-5-7-11/h3-7,14H,8-10H2,1-2H3. The van der Waals surface area contributed by atoms with Crippen LogP contribution in [0.25, 0.3) is 0 Å². The summed E-state index contributed by atoms with van der Waals surface area (Å²) < 4.78 is 0.263. The zero-order valence-electron chi connectivity index (χ0n) is 9.86. The lowest BCUT2D eigenvalue weighted by molar-refractivity contribution is 0.388. The minimum Gasteiger partial charge on any atom is -0.354 e. The zero-order chi connectivity index (χ0) is 11.6. The Morgan fingerprint density at radius 3 is 2.62 bits per heavy atom. The van der Waals surface area contributed by atoms with Gasteiger partial charge in [0, 0.05) is 29.2 Å². The summed E-state index contributed by atoms with van der Waals surface area (Å²) in [4.78, 5) is 2.19. The molecular weight excluding hydrogens is 216 g/mol. The van der Waals surface area contributed by atoms with Crippen molar-refractivity contribution < 1.29 is 0 Å². The van der Waals surface area contributed by atoms with Crippen molar-refractivity contribution in [1.82, 2.24) is 4.90 Å². The second kappa shape index (κ2) is 4.50. The van der Waals surface area contributed by atoms with E-state index in [9.17, 15) is 0 Å². The lowest BCUT2D eigenvalue weighted by Crippen LogP contribution is -2.46. The van der Waals surface area contributed by atoms with Gasteiger partial charge in [0.25, 0.3) is 0 Å². The van der Waals surface area contributed by atoms with E-state index in [0.717, 1.165) is 24.4 Å². The van der Waals surface area contributed by atoms with Gasteiger partial charge in [-0.25, -0.2) is 0 Å². The van der Waals surface area contributed by atoms with Gasteiger partial charge in [-0.15, -0.1) is 0 Å². The van der Waals surface area contributed by atoms with Crippen LogP contribution in [0.2, 0.25) is 0 Å². The van der Waals surface area contributed by atoms with E-state index in [1.807, 2.05) is 42.1 Å². The van der Waals surface area contributed by atoms with Gasteiger partial charge in [0.05, 0.1) is 0 Å². The Kier molecular flexibility index (Phi) is 3.24. The van der Waals surface area contributed by atoms with Crippen LogP contribution in [0.15, 0.2) is 30.3 Å². The normalized spacial score (nSPS) is 19.5. The number of benzene rings is 1. The van der Waals surface area contributed by atoms with Gasteiger partial charge in [-0.1, -0.05) is 30.3 Å². The van der Waals surface area contributed by atoms with Gasteiger partial charge in [0.2, 0.25) is 0 Å². The van der Waals surface area contributed by atoms with E-state index in [1.165, 1.54) is 0 Å². The van der Waals surface area contributed by atoms with Crippen LogP contribution < -0.4 is 0 Å². The van der Waals surface area contributed by atoms with Gasteiger partial charge >= 0.3 is 0 Å². The summed E-state index contributed by atoms with van der Waals surface area (Å²) in [6.45, 7) is 6.46. The number of thioether (sulfide) groups is 1. The highest BCUT2D eigenvalue weighted by molar-refractivity contribution is 8.00. The summed E-state index contributed by atoms with van der Waals surface area (Å²) in [6.07, 6.45) is 0. The monoisotopic (exact) mass is 234 g/mol. The SMILES string of the molecule is CC1(C)CN(C(=N)c2ccccc2)CCS1. The van der Waals surface area contributed by atoms with Gasteiger partial charge in [0.15, 0.2) is 0 Å². The molecule has 1 aromatic rings. The average molecular weight is 234 g/mol. The molecule has 16 heavy (non-hydrogen) atoms. The number of rotatable bonds is 1. The molecular formula is C13H18N2S. The maximum Gasteiger partial charge on any atom is 0.128 e. The van der Waals surface area contributed by atoms with Crippen LogP contribution in [0, 0.1) is 5.41 Å². The Labute approximate surface area is 102 Å². The summed E-state index contributed by atoms with van der Waals surface area (Å²) in [5.74, 6) is 1.77. The molecule has 1 heterocycles. The van der Waals surface area contributed by atoms with Crippen molar-refractivity contribution in [3.8, 4) is 0 Å². The molecule has 0 aromatic heterocycles. The van der Waals surface area contributed by atoms with Crippen LogP contribution >= 0.6 is 11.8 Å². The Balaban J connectivity index is 2.11. The first-order valence-corrected chi connectivity index (χ1v) is 6.60. The van der Waals surface area contributed by atoms with Crippen LogP contribution in [0.4, 0.5) is 0 Å². The fourth-order valence-corrected chi connectivity index (χ4v) is 3.10. The highest BCUT2D eigenvalue weighted by Gasteiger charge is 2.28. The second-order valence-corrected chi connectivity index (χ2v) is 6.55. The molecule has 0 spiro atoms. The third-order valence-electron chi connectivity index (χ3n) is 2.79. The largest absolute Gasteiger partial charge is 0.354 e. The van der Waals surface area contributed by atoms with Crippen molar-refractivity contribution in [2.75, 3.05) is 18.8 Å². The molecule has 0 unspecified atom stereocenters. The predicted molar refractivity (Wildman–Crippen MR) is 71.4 cm³/mol. The molecule has 1 fully saturated rings. The second-order valence-electron chi connectivity index (χ2n) is 4.74. The molecule has 3 heteroatoms. The van der Waals surface area contributed by atoms with Crippen molar-refractivity contribution in [3.63, 3.8) is 0 Å². The van der Waals surface area contributed by atoms with Crippen LogP contribution in [0.1, 0.15) is 19.4 Å². The van der Waals surface area contributed by atoms with Crippen molar-refractivity contribution in [3.05, 3.63) is 35.9 Å².